The number of hydrogen-bond donors (Lipinski definition) is 0. The van der Waals surface area contributed by atoms with Crippen LogP contribution in [0.25, 0.3) is 0 Å². The lowest BCUT2D eigenvalue weighted by molar-refractivity contribution is 1.16. The van der Waals surface area contributed by atoms with Crippen molar-refractivity contribution in [2.75, 3.05) is 0 Å². The summed E-state index contributed by atoms with van der Waals surface area (Å²) in [5.41, 5.74) is 1.48. The van der Waals surface area contributed by atoms with E-state index in [9.17, 15) is 0 Å². The minimum Gasteiger partial charge on any atom is -0.253 e. The third-order valence-corrected chi connectivity index (χ3v) is 2.42. The average Bonchev–Trinajstić information content (AvgIpc) is 2.29. The Morgan fingerprint density at radius 1 is 1.12 bits per heavy atom. The van der Waals surface area contributed by atoms with Crippen LogP contribution in [0.2, 0.25) is 10.0 Å². The van der Waals surface area contributed by atoms with Crippen molar-refractivity contribution < 1.29 is 0 Å². The zero-order valence-electron chi connectivity index (χ0n) is 8.14. The number of aliphatic imine (C=N–C) groups is 1. The molecular weight excluding hydrogens is 245 g/mol. The maximum absolute atomic E-state index is 5.99. The van der Waals surface area contributed by atoms with Crippen molar-refractivity contribution >= 4 is 35.1 Å². The Hall–Kier alpha value is -1.45. The molecule has 0 spiro atoms. The summed E-state index contributed by atoms with van der Waals surface area (Å²) in [5, 5.41) is 1.17. The van der Waals surface area contributed by atoms with Crippen LogP contribution < -0.4 is 0 Å². The van der Waals surface area contributed by atoms with E-state index in [4.69, 9.17) is 23.2 Å². The molecule has 5 heteroatoms. The Bertz CT molecular complexity index is 512. The number of rotatable bonds is 2. The predicted molar refractivity (Wildman–Crippen MR) is 65.7 cm³/mol. The minimum absolute atomic E-state index is 0.563. The lowest BCUT2D eigenvalue weighted by atomic mass is 10.2. The van der Waals surface area contributed by atoms with Gasteiger partial charge in [-0.2, -0.15) is 0 Å². The molecule has 0 saturated carbocycles. The normalized spacial score (nSPS) is 10.9. The van der Waals surface area contributed by atoms with Gasteiger partial charge >= 0.3 is 0 Å². The molecule has 0 saturated heterocycles. The summed E-state index contributed by atoms with van der Waals surface area (Å²) in [6.07, 6.45) is 6.34. The van der Waals surface area contributed by atoms with E-state index in [1.54, 1.807) is 36.8 Å². The van der Waals surface area contributed by atoms with E-state index in [1.165, 1.54) is 6.33 Å². The molecule has 0 atom stereocenters. The molecule has 0 aliphatic rings. The molecule has 16 heavy (non-hydrogen) atoms. The first-order chi connectivity index (χ1) is 7.75. The fourth-order valence-corrected chi connectivity index (χ4v) is 1.57. The summed E-state index contributed by atoms with van der Waals surface area (Å²) in [5.74, 6) is 0. The van der Waals surface area contributed by atoms with E-state index in [2.05, 4.69) is 15.0 Å². The maximum Gasteiger partial charge on any atom is 0.115 e. The minimum atomic E-state index is 0.563. The molecule has 0 amide bonds. The van der Waals surface area contributed by atoms with Gasteiger partial charge in [-0.1, -0.05) is 29.3 Å². The molecule has 2 rings (SSSR count). The molecule has 0 N–H and O–H groups in total. The number of hydrogen-bond acceptors (Lipinski definition) is 3. The van der Waals surface area contributed by atoms with Crippen LogP contribution in [0.3, 0.4) is 0 Å². The van der Waals surface area contributed by atoms with Crippen molar-refractivity contribution in [1.82, 2.24) is 9.97 Å². The van der Waals surface area contributed by atoms with Gasteiger partial charge in [0.2, 0.25) is 0 Å². The van der Waals surface area contributed by atoms with Crippen LogP contribution >= 0.6 is 23.2 Å². The topological polar surface area (TPSA) is 38.1 Å². The monoisotopic (exact) mass is 251 g/mol. The highest BCUT2D eigenvalue weighted by atomic mass is 35.5. The summed E-state index contributed by atoms with van der Waals surface area (Å²) in [7, 11) is 0. The highest BCUT2D eigenvalue weighted by Crippen LogP contribution is 2.20. The first-order valence-corrected chi connectivity index (χ1v) is 5.25. The highest BCUT2D eigenvalue weighted by molar-refractivity contribution is 6.36. The van der Waals surface area contributed by atoms with Crippen molar-refractivity contribution in [3.05, 3.63) is 52.5 Å². The average molecular weight is 252 g/mol. The lowest BCUT2D eigenvalue weighted by Crippen LogP contribution is -1.83. The predicted octanol–water partition coefficient (Wildman–Crippen LogP) is 3.53. The maximum atomic E-state index is 5.99. The van der Waals surface area contributed by atoms with Crippen LogP contribution in [0, 0.1) is 0 Å². The summed E-state index contributed by atoms with van der Waals surface area (Å²) in [6.45, 7) is 0. The Morgan fingerprint density at radius 2 is 1.88 bits per heavy atom. The van der Waals surface area contributed by atoms with Gasteiger partial charge in [0.15, 0.2) is 0 Å². The quantitative estimate of drug-likeness (QED) is 0.766. The van der Waals surface area contributed by atoms with E-state index in [0.717, 1.165) is 5.56 Å². The first kappa shape index (κ1) is 11.0. The van der Waals surface area contributed by atoms with Gasteiger partial charge in [-0.25, -0.2) is 9.97 Å². The molecule has 80 valence electrons. The van der Waals surface area contributed by atoms with Gasteiger partial charge in [-0.3, -0.25) is 4.99 Å². The third kappa shape index (κ3) is 2.78. The molecule has 0 aliphatic carbocycles. The van der Waals surface area contributed by atoms with Crippen LogP contribution in [0.15, 0.2) is 41.9 Å². The molecule has 0 unspecified atom stereocenters. The zero-order chi connectivity index (χ0) is 11.4. The van der Waals surface area contributed by atoms with E-state index in [-0.39, 0.29) is 0 Å². The second-order valence-electron chi connectivity index (χ2n) is 3.02. The summed E-state index contributed by atoms with van der Waals surface area (Å²) in [4.78, 5) is 11.9. The van der Waals surface area contributed by atoms with E-state index >= 15 is 0 Å². The summed E-state index contributed by atoms with van der Waals surface area (Å²) in [6, 6.07) is 5.24. The Labute approximate surface area is 103 Å². The molecule has 3 nitrogen and oxygen atoms in total. The molecule has 0 radical (unpaired) electrons. The van der Waals surface area contributed by atoms with E-state index in [1.807, 2.05) is 0 Å². The molecule has 1 aromatic heterocycles. The molecular formula is C11H7Cl2N3. The summed E-state index contributed by atoms with van der Waals surface area (Å²) >= 11 is 11.8. The van der Waals surface area contributed by atoms with Crippen LogP contribution in [0.1, 0.15) is 5.56 Å². The smallest absolute Gasteiger partial charge is 0.115 e. The molecule has 0 aliphatic heterocycles. The van der Waals surface area contributed by atoms with E-state index < -0.39 is 0 Å². The van der Waals surface area contributed by atoms with Gasteiger partial charge in [0, 0.05) is 16.8 Å². The van der Waals surface area contributed by atoms with Crippen molar-refractivity contribution in [1.29, 1.82) is 0 Å². The second-order valence-corrected chi connectivity index (χ2v) is 3.86. The van der Waals surface area contributed by atoms with Gasteiger partial charge < -0.3 is 0 Å². The van der Waals surface area contributed by atoms with Crippen molar-refractivity contribution in [3.63, 3.8) is 0 Å². The SMILES string of the molecule is Clc1ccc(C=Nc2cncnc2)c(Cl)c1. The largest absolute Gasteiger partial charge is 0.253 e. The molecule has 2 aromatic rings. The van der Waals surface area contributed by atoms with Crippen LogP contribution in [0.4, 0.5) is 5.69 Å². The first-order valence-electron chi connectivity index (χ1n) is 4.50. The Kier molecular flexibility index (Phi) is 3.49. The number of aromatic nitrogens is 2. The highest BCUT2D eigenvalue weighted by Gasteiger charge is 1.97. The fraction of sp³-hybridized carbons (Fsp3) is 0. The van der Waals surface area contributed by atoms with Crippen molar-refractivity contribution in [2.45, 2.75) is 0 Å². The van der Waals surface area contributed by atoms with Gasteiger partial charge in [-0.05, 0) is 12.1 Å². The Morgan fingerprint density at radius 3 is 2.56 bits per heavy atom. The standard InChI is InChI=1S/C11H7Cl2N3/c12-9-2-1-8(11(13)3-9)4-16-10-5-14-7-15-6-10/h1-7H. The van der Waals surface area contributed by atoms with Gasteiger partial charge in [0.25, 0.3) is 0 Å². The van der Waals surface area contributed by atoms with E-state index in [0.29, 0.717) is 15.7 Å². The molecule has 1 heterocycles. The summed E-state index contributed by atoms with van der Waals surface area (Å²) < 4.78 is 0. The lowest BCUT2D eigenvalue weighted by Gasteiger charge is -1.97. The molecule has 1 aromatic carbocycles. The zero-order valence-corrected chi connectivity index (χ0v) is 9.65. The van der Waals surface area contributed by atoms with Crippen LogP contribution in [-0.4, -0.2) is 16.2 Å². The van der Waals surface area contributed by atoms with Gasteiger partial charge in [-0.15, -0.1) is 0 Å². The molecule has 0 fully saturated rings. The third-order valence-electron chi connectivity index (χ3n) is 1.86. The fourth-order valence-electron chi connectivity index (χ4n) is 1.11. The number of nitrogens with zero attached hydrogens (tertiary/aromatic N) is 3. The Balaban J connectivity index is 2.24. The number of halogens is 2. The van der Waals surface area contributed by atoms with Gasteiger partial charge in [0.05, 0.1) is 23.1 Å². The molecule has 0 bridgehead atoms. The second kappa shape index (κ2) is 5.05. The number of benzene rings is 1. The van der Waals surface area contributed by atoms with Crippen LogP contribution in [0.5, 0.6) is 0 Å². The van der Waals surface area contributed by atoms with Gasteiger partial charge in [0.1, 0.15) is 6.33 Å². The van der Waals surface area contributed by atoms with Crippen LogP contribution in [-0.2, 0) is 0 Å². The van der Waals surface area contributed by atoms with Crippen molar-refractivity contribution in [2.24, 2.45) is 4.99 Å². The van der Waals surface area contributed by atoms with Crippen molar-refractivity contribution in [3.8, 4) is 0 Å².